The summed E-state index contributed by atoms with van der Waals surface area (Å²) in [5.74, 6) is 0. The van der Waals surface area contributed by atoms with Crippen LogP contribution in [0.25, 0.3) is 6.08 Å². The average Bonchev–Trinajstić information content (AvgIpc) is 2.76. The highest BCUT2D eigenvalue weighted by molar-refractivity contribution is 5.64. The van der Waals surface area contributed by atoms with Crippen LogP contribution >= 0.6 is 0 Å². The van der Waals surface area contributed by atoms with Crippen molar-refractivity contribution in [2.24, 2.45) is 0 Å². The molecule has 1 heterocycles. The van der Waals surface area contributed by atoms with E-state index in [1.165, 1.54) is 16.8 Å². The number of hydrogen-bond donors (Lipinski definition) is 1. The summed E-state index contributed by atoms with van der Waals surface area (Å²) in [7, 11) is 0. The lowest BCUT2D eigenvalue weighted by molar-refractivity contribution is 0.829. The topological polar surface area (TPSA) is 63.4 Å². The third-order valence-corrected chi connectivity index (χ3v) is 3.37. The predicted molar refractivity (Wildman–Crippen MR) is 82.0 cm³/mol. The molecule has 1 rings (SSSR count). The van der Waals surface area contributed by atoms with Crippen molar-refractivity contribution in [1.82, 2.24) is 4.98 Å². The minimum atomic E-state index is 0.162. The van der Waals surface area contributed by atoms with E-state index >= 15 is 0 Å². The lowest BCUT2D eigenvalue weighted by Gasteiger charge is -2.05. The van der Waals surface area contributed by atoms with Gasteiger partial charge in [-0.2, -0.15) is 10.5 Å². The van der Waals surface area contributed by atoms with E-state index in [4.69, 9.17) is 10.5 Å². The number of nitrogens with one attached hydrogen (secondary N) is 1. The highest BCUT2D eigenvalue weighted by atomic mass is 14.7. The van der Waals surface area contributed by atoms with Gasteiger partial charge >= 0.3 is 0 Å². The molecular weight excluding hydrogens is 246 g/mol. The van der Waals surface area contributed by atoms with Crippen molar-refractivity contribution in [2.75, 3.05) is 0 Å². The Bertz CT molecular complexity index is 534. The van der Waals surface area contributed by atoms with Gasteiger partial charge in [-0.3, -0.25) is 0 Å². The number of aromatic amines is 1. The van der Waals surface area contributed by atoms with Gasteiger partial charge in [0.05, 0.1) is 0 Å². The minimum absolute atomic E-state index is 0.162. The summed E-state index contributed by atoms with van der Waals surface area (Å²) in [6, 6.07) is 3.88. The predicted octanol–water partition coefficient (Wildman–Crippen LogP) is 4.30. The molecule has 0 saturated carbocycles. The smallest absolute Gasteiger partial charge is 0.131 e. The Kier molecular flexibility index (Phi) is 6.60. The van der Waals surface area contributed by atoms with Gasteiger partial charge in [0.1, 0.15) is 17.7 Å². The van der Waals surface area contributed by atoms with E-state index < -0.39 is 0 Å². The van der Waals surface area contributed by atoms with E-state index in [2.05, 4.69) is 25.8 Å². The highest BCUT2D eigenvalue weighted by Gasteiger charge is 2.15. The maximum Gasteiger partial charge on any atom is 0.131 e. The van der Waals surface area contributed by atoms with Crippen LogP contribution in [0.4, 0.5) is 0 Å². The third kappa shape index (κ3) is 3.75. The molecule has 0 bridgehead atoms. The van der Waals surface area contributed by atoms with Crippen molar-refractivity contribution in [3.63, 3.8) is 0 Å². The Morgan fingerprint density at radius 2 is 1.50 bits per heavy atom. The van der Waals surface area contributed by atoms with E-state index in [9.17, 15) is 0 Å². The normalized spacial score (nSPS) is 9.85. The summed E-state index contributed by atoms with van der Waals surface area (Å²) >= 11 is 0. The number of aromatic nitrogens is 1. The molecule has 0 unspecified atom stereocenters. The Hall–Kier alpha value is -2.00. The van der Waals surface area contributed by atoms with Crippen molar-refractivity contribution >= 4 is 6.08 Å². The standard InChI is InChI=1S/C17H23N3/c1-4-7-14-15(8-5-2)17(10-13(11-18)12-19)20-16(14)9-6-3/h10,20H,4-9H2,1-3H3. The quantitative estimate of drug-likeness (QED) is 0.750. The maximum absolute atomic E-state index is 8.94. The molecule has 0 radical (unpaired) electrons. The molecule has 0 atom stereocenters. The van der Waals surface area contributed by atoms with Crippen LogP contribution < -0.4 is 0 Å². The monoisotopic (exact) mass is 269 g/mol. The molecule has 0 saturated heterocycles. The molecule has 20 heavy (non-hydrogen) atoms. The average molecular weight is 269 g/mol. The lowest BCUT2D eigenvalue weighted by Crippen LogP contribution is -1.95. The molecule has 1 N–H and O–H groups in total. The zero-order valence-corrected chi connectivity index (χ0v) is 12.7. The number of allylic oxidation sites excluding steroid dienone is 1. The van der Waals surface area contributed by atoms with Crippen LogP contribution in [0.5, 0.6) is 0 Å². The molecule has 0 fully saturated rings. The van der Waals surface area contributed by atoms with Gasteiger partial charge < -0.3 is 4.98 Å². The van der Waals surface area contributed by atoms with Gasteiger partial charge in [0, 0.05) is 11.4 Å². The minimum Gasteiger partial charge on any atom is -0.358 e. The van der Waals surface area contributed by atoms with Gasteiger partial charge in [0.25, 0.3) is 0 Å². The van der Waals surface area contributed by atoms with E-state index in [-0.39, 0.29) is 5.57 Å². The molecule has 1 aromatic heterocycles. The summed E-state index contributed by atoms with van der Waals surface area (Å²) in [4.78, 5) is 3.44. The number of H-pyrrole nitrogens is 1. The molecule has 0 amide bonds. The molecule has 0 aliphatic rings. The Morgan fingerprint density at radius 3 is 2.00 bits per heavy atom. The first kappa shape index (κ1) is 16.1. The first-order valence-electron chi connectivity index (χ1n) is 7.46. The molecule has 1 aromatic rings. The zero-order valence-electron chi connectivity index (χ0n) is 12.7. The van der Waals surface area contributed by atoms with Gasteiger partial charge in [0.15, 0.2) is 0 Å². The molecule has 0 aliphatic heterocycles. The molecule has 3 nitrogen and oxygen atoms in total. The van der Waals surface area contributed by atoms with E-state index in [0.717, 1.165) is 44.2 Å². The number of nitrogens with zero attached hydrogens (tertiary/aromatic N) is 2. The fourth-order valence-electron chi connectivity index (χ4n) is 2.57. The Morgan fingerprint density at radius 1 is 0.950 bits per heavy atom. The van der Waals surface area contributed by atoms with Crippen LogP contribution in [0.1, 0.15) is 62.5 Å². The largest absolute Gasteiger partial charge is 0.358 e. The van der Waals surface area contributed by atoms with E-state index in [0.29, 0.717) is 0 Å². The molecule has 3 heteroatoms. The fourth-order valence-corrected chi connectivity index (χ4v) is 2.57. The van der Waals surface area contributed by atoms with Gasteiger partial charge in [0.2, 0.25) is 0 Å². The molecule has 0 aromatic carbocycles. The van der Waals surface area contributed by atoms with Crippen LogP contribution in [0.3, 0.4) is 0 Å². The molecule has 106 valence electrons. The van der Waals surface area contributed by atoms with E-state index in [1.54, 1.807) is 6.08 Å². The van der Waals surface area contributed by atoms with Gasteiger partial charge in [-0.1, -0.05) is 40.0 Å². The van der Waals surface area contributed by atoms with E-state index in [1.807, 2.05) is 12.1 Å². The van der Waals surface area contributed by atoms with Crippen molar-refractivity contribution in [1.29, 1.82) is 10.5 Å². The maximum atomic E-state index is 8.94. The first-order chi connectivity index (χ1) is 9.71. The Balaban J connectivity index is 3.36. The Labute approximate surface area is 121 Å². The summed E-state index contributed by atoms with van der Waals surface area (Å²) in [6.07, 6.45) is 8.04. The van der Waals surface area contributed by atoms with Crippen LogP contribution in [0, 0.1) is 22.7 Å². The summed E-state index contributed by atoms with van der Waals surface area (Å²) in [6.45, 7) is 6.51. The van der Waals surface area contributed by atoms with Gasteiger partial charge in [-0.15, -0.1) is 0 Å². The van der Waals surface area contributed by atoms with Gasteiger partial charge in [-0.05, 0) is 36.5 Å². The third-order valence-electron chi connectivity index (χ3n) is 3.37. The molecular formula is C17H23N3. The first-order valence-corrected chi connectivity index (χ1v) is 7.46. The van der Waals surface area contributed by atoms with Crippen molar-refractivity contribution in [3.8, 4) is 12.1 Å². The molecule has 0 spiro atoms. The number of aryl methyl sites for hydroxylation is 1. The van der Waals surface area contributed by atoms with Crippen LogP contribution in [0.15, 0.2) is 5.57 Å². The van der Waals surface area contributed by atoms with Crippen LogP contribution in [0.2, 0.25) is 0 Å². The number of rotatable bonds is 7. The fraction of sp³-hybridized carbons (Fsp3) is 0.529. The van der Waals surface area contributed by atoms with Crippen molar-refractivity contribution in [2.45, 2.75) is 59.3 Å². The van der Waals surface area contributed by atoms with Crippen LogP contribution in [-0.4, -0.2) is 4.98 Å². The summed E-state index contributed by atoms with van der Waals surface area (Å²) in [5.41, 5.74) is 5.09. The SMILES string of the molecule is CCCc1[nH]c(C=C(C#N)C#N)c(CCC)c1CCC. The second-order valence-corrected chi connectivity index (χ2v) is 5.01. The summed E-state index contributed by atoms with van der Waals surface area (Å²) in [5, 5.41) is 17.9. The van der Waals surface area contributed by atoms with Crippen molar-refractivity contribution < 1.29 is 0 Å². The van der Waals surface area contributed by atoms with Crippen LogP contribution in [-0.2, 0) is 19.3 Å². The lowest BCUT2D eigenvalue weighted by atomic mass is 9.98. The second kappa shape index (κ2) is 8.23. The number of nitriles is 2. The summed E-state index contributed by atoms with van der Waals surface area (Å²) < 4.78 is 0. The second-order valence-electron chi connectivity index (χ2n) is 5.01. The number of hydrogen-bond acceptors (Lipinski definition) is 2. The molecule has 0 aliphatic carbocycles. The van der Waals surface area contributed by atoms with Gasteiger partial charge in [-0.25, -0.2) is 0 Å². The van der Waals surface area contributed by atoms with Crippen molar-refractivity contribution in [3.05, 3.63) is 28.1 Å². The zero-order chi connectivity index (χ0) is 15.0. The highest BCUT2D eigenvalue weighted by Crippen LogP contribution is 2.25.